The summed E-state index contributed by atoms with van der Waals surface area (Å²) in [7, 11) is 2.16. The number of urea groups is 1. The number of pyridine rings is 1. The van der Waals surface area contributed by atoms with Crippen molar-refractivity contribution in [3.63, 3.8) is 0 Å². The third-order valence-electron chi connectivity index (χ3n) is 12.3. The summed E-state index contributed by atoms with van der Waals surface area (Å²) in [6, 6.07) is 12.9. The summed E-state index contributed by atoms with van der Waals surface area (Å²) in [6.07, 6.45) is 6.02. The van der Waals surface area contributed by atoms with Crippen LogP contribution in [0.3, 0.4) is 0 Å². The molecule has 15 nitrogen and oxygen atoms in total. The van der Waals surface area contributed by atoms with Gasteiger partial charge < -0.3 is 29.5 Å². The van der Waals surface area contributed by atoms with E-state index in [1.165, 1.54) is 4.57 Å². The van der Waals surface area contributed by atoms with Crippen molar-refractivity contribution in [2.45, 2.75) is 97.2 Å². The van der Waals surface area contributed by atoms with E-state index in [1.807, 2.05) is 60.5 Å². The number of carbonyl (C=O) groups is 4. The Kier molecular flexibility index (Phi) is 13.3. The van der Waals surface area contributed by atoms with Crippen molar-refractivity contribution in [1.82, 2.24) is 39.3 Å². The van der Waals surface area contributed by atoms with Crippen LogP contribution in [-0.4, -0.2) is 129 Å². The van der Waals surface area contributed by atoms with Crippen LogP contribution in [-0.2, 0) is 43.7 Å². The quantitative estimate of drug-likeness (QED) is 0.206. The lowest BCUT2D eigenvalue weighted by atomic mass is 9.89. The minimum atomic E-state index is -0.800. The van der Waals surface area contributed by atoms with Crippen molar-refractivity contribution in [3.8, 4) is 0 Å². The molecule has 0 aliphatic carbocycles. The van der Waals surface area contributed by atoms with Crippen LogP contribution in [0.4, 0.5) is 4.79 Å². The molecule has 59 heavy (non-hydrogen) atoms. The fraction of sp³-hybridized carbons (Fsp3) is 0.545. The summed E-state index contributed by atoms with van der Waals surface area (Å²) in [4.78, 5) is 74.7. The average Bonchev–Trinajstić information content (AvgIpc) is 3.68. The zero-order valence-corrected chi connectivity index (χ0v) is 34.9. The number of nitrogens with one attached hydrogen (secondary N) is 1. The highest BCUT2D eigenvalue weighted by Crippen LogP contribution is 2.29. The van der Waals surface area contributed by atoms with Crippen LogP contribution in [0.2, 0.25) is 0 Å². The Bertz CT molecular complexity index is 2210. The molecular weight excluding hydrogens is 753 g/mol. The molecule has 3 amide bonds. The largest absolute Gasteiger partial charge is 0.444 e. The highest BCUT2D eigenvalue weighted by molar-refractivity contribution is 5.88. The molecule has 3 fully saturated rings. The van der Waals surface area contributed by atoms with Crippen molar-refractivity contribution in [2.75, 3.05) is 59.4 Å². The number of esters is 2. The number of hydrogen-bond donors (Lipinski definition) is 1. The molecule has 0 bridgehead atoms. The van der Waals surface area contributed by atoms with Crippen LogP contribution < -0.4 is 10.9 Å². The molecule has 3 aliphatic heterocycles. The number of nitrogens with zero attached hydrogens (tertiary/aromatic N) is 7. The highest BCUT2D eigenvalue weighted by Gasteiger charge is 2.34. The first kappa shape index (κ1) is 41.9. The lowest BCUT2D eigenvalue weighted by Crippen LogP contribution is -2.59. The number of benzene rings is 2. The second-order valence-corrected chi connectivity index (χ2v) is 16.3. The first-order chi connectivity index (χ1) is 28.5. The Hall–Kier alpha value is -5.28. The standard InChI is InChI=1S/C44H58N8O7/c1-5-39(53)58-28-51-27-34-24-31(23-30(3)41(34)46-51)25-37(43(56)49-21-19-48(20-22-49)35-13-15-47(4)16-14-35)45-44(57)50-17-11-32(12-18-50)36-26-33-9-7-8-10-38(33)52(42(36)55)29-59-40(54)6-2/h7-10,23-24,26-27,32,35,37H,5-6,11-22,25,28-29H2,1-4H3,(H,45,57)/t37-/m1/s1. The molecule has 3 aliphatic rings. The van der Waals surface area contributed by atoms with Crippen molar-refractivity contribution >= 4 is 45.7 Å². The summed E-state index contributed by atoms with van der Waals surface area (Å²) in [6.45, 7) is 11.1. The van der Waals surface area contributed by atoms with Gasteiger partial charge in [0.1, 0.15) is 6.04 Å². The normalized spacial score (nSPS) is 18.0. The van der Waals surface area contributed by atoms with Gasteiger partial charge in [0.15, 0.2) is 13.5 Å². The van der Waals surface area contributed by atoms with Gasteiger partial charge in [-0.1, -0.05) is 38.1 Å². The number of aromatic nitrogens is 3. The Morgan fingerprint density at radius 3 is 2.19 bits per heavy atom. The summed E-state index contributed by atoms with van der Waals surface area (Å²) in [5.41, 5.74) is 3.72. The second kappa shape index (κ2) is 18.8. The molecule has 2 aromatic carbocycles. The SMILES string of the molecule is CCC(=O)OCn1cc2cc(C[C@@H](NC(=O)N3CCC(c4cc5ccccc5n(COC(=O)CC)c4=O)CC3)C(=O)N3CCN(C4CCN(C)CC4)CC3)cc(C)c2n1. The maximum Gasteiger partial charge on any atom is 0.318 e. The van der Waals surface area contributed by atoms with Gasteiger partial charge >= 0.3 is 18.0 Å². The Morgan fingerprint density at radius 1 is 0.814 bits per heavy atom. The Balaban J connectivity index is 1.06. The highest BCUT2D eigenvalue weighted by atomic mass is 16.5. The van der Waals surface area contributed by atoms with Gasteiger partial charge in [0, 0.05) is 81.7 Å². The number of hydrogen-bond acceptors (Lipinski definition) is 10. The van der Waals surface area contributed by atoms with Crippen molar-refractivity contribution in [2.24, 2.45) is 0 Å². The van der Waals surface area contributed by atoms with Crippen LogP contribution in [0.5, 0.6) is 0 Å². The minimum absolute atomic E-state index is 0.0128. The molecule has 316 valence electrons. The van der Waals surface area contributed by atoms with Gasteiger partial charge in [0.2, 0.25) is 5.91 Å². The maximum atomic E-state index is 14.4. The van der Waals surface area contributed by atoms with Crippen LogP contribution in [0, 0.1) is 6.92 Å². The topological polar surface area (TPSA) is 152 Å². The van der Waals surface area contributed by atoms with Gasteiger partial charge in [-0.2, -0.15) is 5.10 Å². The zero-order chi connectivity index (χ0) is 41.6. The lowest BCUT2D eigenvalue weighted by Gasteiger charge is -2.43. The number of amides is 3. The number of piperidine rings is 2. The van der Waals surface area contributed by atoms with E-state index in [4.69, 9.17) is 9.47 Å². The molecule has 7 rings (SSSR count). The number of aryl methyl sites for hydroxylation is 1. The molecule has 1 atom stereocenters. The maximum absolute atomic E-state index is 14.4. The van der Waals surface area contributed by atoms with Crippen LogP contribution in [0.25, 0.3) is 21.8 Å². The van der Waals surface area contributed by atoms with Crippen LogP contribution in [0.15, 0.2) is 53.5 Å². The fourth-order valence-electron chi connectivity index (χ4n) is 8.83. The van der Waals surface area contributed by atoms with Crippen molar-refractivity contribution < 1.29 is 28.7 Å². The molecule has 2 aromatic heterocycles. The number of piperazine rings is 1. The van der Waals surface area contributed by atoms with E-state index in [0.29, 0.717) is 62.6 Å². The fourth-order valence-corrected chi connectivity index (χ4v) is 8.83. The van der Waals surface area contributed by atoms with E-state index in [0.717, 1.165) is 66.4 Å². The molecule has 3 saturated heterocycles. The van der Waals surface area contributed by atoms with Gasteiger partial charge in [-0.3, -0.25) is 28.6 Å². The van der Waals surface area contributed by atoms with Gasteiger partial charge in [0.05, 0.1) is 11.0 Å². The van der Waals surface area contributed by atoms with Gasteiger partial charge in [-0.25, -0.2) is 9.48 Å². The Morgan fingerprint density at radius 2 is 1.49 bits per heavy atom. The Labute approximate surface area is 345 Å². The average molecular weight is 811 g/mol. The number of carbonyl (C=O) groups excluding carboxylic acids is 4. The number of para-hydroxylation sites is 1. The molecule has 0 spiro atoms. The monoisotopic (exact) mass is 810 g/mol. The first-order valence-corrected chi connectivity index (χ1v) is 21.2. The van der Waals surface area contributed by atoms with Gasteiger partial charge in [-0.05, 0) is 93.4 Å². The molecule has 4 aromatic rings. The molecule has 0 radical (unpaired) electrons. The van der Waals surface area contributed by atoms with E-state index in [9.17, 15) is 24.0 Å². The third kappa shape index (κ3) is 9.79. The number of ether oxygens (including phenoxy) is 2. The number of fused-ring (bicyclic) bond motifs is 2. The number of likely N-dealkylation sites (tertiary alicyclic amines) is 2. The smallest absolute Gasteiger partial charge is 0.318 e. The second-order valence-electron chi connectivity index (χ2n) is 16.3. The third-order valence-corrected chi connectivity index (χ3v) is 12.3. The van der Waals surface area contributed by atoms with Crippen molar-refractivity contribution in [1.29, 1.82) is 0 Å². The van der Waals surface area contributed by atoms with E-state index < -0.39 is 6.04 Å². The van der Waals surface area contributed by atoms with Crippen LogP contribution >= 0.6 is 0 Å². The summed E-state index contributed by atoms with van der Waals surface area (Å²) < 4.78 is 13.8. The van der Waals surface area contributed by atoms with Gasteiger partial charge in [-0.15, -0.1) is 0 Å². The van der Waals surface area contributed by atoms with E-state index in [-0.39, 0.29) is 61.7 Å². The van der Waals surface area contributed by atoms with Crippen molar-refractivity contribution in [3.05, 3.63) is 75.7 Å². The summed E-state index contributed by atoms with van der Waals surface area (Å²) in [5.74, 6) is -0.879. The molecule has 0 unspecified atom stereocenters. The predicted octanol–water partition coefficient (Wildman–Crippen LogP) is 4.22. The molecule has 0 saturated carbocycles. The summed E-state index contributed by atoms with van der Waals surface area (Å²) >= 11 is 0. The molecule has 15 heteroatoms. The zero-order valence-electron chi connectivity index (χ0n) is 34.9. The first-order valence-electron chi connectivity index (χ1n) is 21.2. The minimum Gasteiger partial charge on any atom is -0.444 e. The molecule has 5 heterocycles. The lowest BCUT2D eigenvalue weighted by molar-refractivity contribution is -0.148. The number of rotatable bonds is 12. The predicted molar refractivity (Wildman–Crippen MR) is 224 cm³/mol. The van der Waals surface area contributed by atoms with E-state index in [1.54, 1.807) is 23.4 Å². The summed E-state index contributed by atoms with van der Waals surface area (Å²) in [5, 5.41) is 9.49. The van der Waals surface area contributed by atoms with E-state index in [2.05, 4.69) is 27.3 Å². The van der Waals surface area contributed by atoms with E-state index >= 15 is 0 Å². The van der Waals surface area contributed by atoms with Crippen LogP contribution in [0.1, 0.15) is 75.0 Å². The molecular formula is C44H58N8O7. The molecule has 1 N–H and O–H groups in total. The van der Waals surface area contributed by atoms with Gasteiger partial charge in [0.25, 0.3) is 5.56 Å².